The number of carboxylic acids is 1. The van der Waals surface area contributed by atoms with Gasteiger partial charge in [0.15, 0.2) is 0 Å². The van der Waals surface area contributed by atoms with Gasteiger partial charge in [-0.1, -0.05) is 65.2 Å². The van der Waals surface area contributed by atoms with Crippen LogP contribution in [-0.2, 0) is 9.59 Å². The molecule has 0 radical (unpaired) electrons. The Morgan fingerprint density at radius 2 is 1.32 bits per heavy atom. The predicted molar refractivity (Wildman–Crippen MR) is 102 cm³/mol. The van der Waals surface area contributed by atoms with Crippen LogP contribution in [-0.4, -0.2) is 39.1 Å². The highest BCUT2D eigenvalue weighted by molar-refractivity contribution is 5.75. The average molecular weight is 359 g/mol. The number of carboxylic acid groups (broad SMARTS) is 1. The van der Waals surface area contributed by atoms with Gasteiger partial charge in [-0.3, -0.25) is 4.79 Å². The number of amides is 1. The first kappa shape index (κ1) is 26.1. The van der Waals surface area contributed by atoms with E-state index in [-0.39, 0.29) is 12.3 Å². The van der Waals surface area contributed by atoms with Gasteiger partial charge in [-0.2, -0.15) is 0 Å². The molecule has 150 valence electrons. The summed E-state index contributed by atoms with van der Waals surface area (Å²) < 4.78 is 0. The highest BCUT2D eigenvalue weighted by atomic mass is 16.4. The Kier molecular flexibility index (Phi) is 21.9. The number of quaternary nitrogens is 1. The fourth-order valence-corrected chi connectivity index (χ4v) is 2.35. The van der Waals surface area contributed by atoms with Crippen molar-refractivity contribution in [3.63, 3.8) is 0 Å². The molecule has 25 heavy (non-hydrogen) atoms. The van der Waals surface area contributed by atoms with Crippen molar-refractivity contribution in [2.75, 3.05) is 27.2 Å². The van der Waals surface area contributed by atoms with E-state index >= 15 is 0 Å². The normalized spacial score (nSPS) is 10.3. The zero-order valence-electron chi connectivity index (χ0n) is 17.1. The third kappa shape index (κ3) is 28.0. The van der Waals surface area contributed by atoms with E-state index in [0.29, 0.717) is 6.42 Å². The van der Waals surface area contributed by atoms with Crippen LogP contribution in [0.2, 0.25) is 0 Å². The topological polar surface area (TPSA) is 73.7 Å². The largest absolute Gasteiger partial charge is 0.550 e. The molecule has 2 N–H and O–H groups in total. The van der Waals surface area contributed by atoms with Gasteiger partial charge in [0.2, 0.25) is 5.91 Å². The zero-order chi connectivity index (χ0) is 19.3. The van der Waals surface area contributed by atoms with E-state index in [2.05, 4.69) is 26.3 Å². The molecule has 0 fully saturated rings. The molecule has 0 aliphatic rings. The van der Waals surface area contributed by atoms with E-state index in [1.165, 1.54) is 63.2 Å². The van der Waals surface area contributed by atoms with Crippen molar-refractivity contribution in [2.45, 2.75) is 90.9 Å². The first-order valence-electron chi connectivity index (χ1n) is 10.2. The monoisotopic (exact) mass is 358 g/mol. The summed E-state index contributed by atoms with van der Waals surface area (Å²) in [5.74, 6) is -0.758. The smallest absolute Gasteiger partial charge is 0.219 e. The van der Waals surface area contributed by atoms with Gasteiger partial charge in [0.05, 0.1) is 20.6 Å². The van der Waals surface area contributed by atoms with Crippen molar-refractivity contribution in [2.24, 2.45) is 0 Å². The minimum atomic E-state index is -0.995. The summed E-state index contributed by atoms with van der Waals surface area (Å²) >= 11 is 0. The summed E-state index contributed by atoms with van der Waals surface area (Å²) in [5, 5.41) is 12.3. The lowest BCUT2D eigenvalue weighted by molar-refractivity contribution is -0.858. The molecule has 0 rings (SSSR count). The van der Waals surface area contributed by atoms with Crippen LogP contribution in [0, 0.1) is 0 Å². The second-order valence-corrected chi connectivity index (χ2v) is 6.96. The summed E-state index contributed by atoms with van der Waals surface area (Å²) in [6.45, 7) is 5.75. The highest BCUT2D eigenvalue weighted by Gasteiger charge is 2.01. The molecular weight excluding hydrogens is 316 g/mol. The van der Waals surface area contributed by atoms with Gasteiger partial charge in [-0.25, -0.2) is 0 Å². The summed E-state index contributed by atoms with van der Waals surface area (Å²) in [6.07, 6.45) is 13.7. The molecule has 0 saturated carbocycles. The van der Waals surface area contributed by atoms with Crippen molar-refractivity contribution in [1.82, 2.24) is 5.32 Å². The van der Waals surface area contributed by atoms with Crippen LogP contribution >= 0.6 is 0 Å². The molecule has 0 spiro atoms. The summed E-state index contributed by atoms with van der Waals surface area (Å²) in [7, 11) is 4.29. The number of carbonyl (C=O) groups is 2. The van der Waals surface area contributed by atoms with Gasteiger partial charge < -0.3 is 20.1 Å². The van der Waals surface area contributed by atoms with Gasteiger partial charge in [0.25, 0.3) is 0 Å². The molecule has 0 saturated heterocycles. The Morgan fingerprint density at radius 1 is 0.840 bits per heavy atom. The fourth-order valence-electron chi connectivity index (χ4n) is 2.35. The standard InChI is InChI=1S/C17H36N2O.C3H6O2/c1-4-5-6-7-8-9-10-11-12-14-17(20)18-15-13-16-19(2)3;1-2-3(4)5/h4-16H2,1-3H3,(H,18,20);2H2,1H3,(H,4,5). The van der Waals surface area contributed by atoms with Crippen LogP contribution < -0.4 is 15.3 Å². The first-order valence-corrected chi connectivity index (χ1v) is 10.2. The molecular formula is C20H42N2O3. The number of carbonyl (C=O) groups excluding carboxylic acids is 2. The number of aliphatic carboxylic acids is 1. The van der Waals surface area contributed by atoms with Gasteiger partial charge in [-0.05, 0) is 12.8 Å². The molecule has 0 bridgehead atoms. The second kappa shape index (κ2) is 20.9. The molecule has 1 amide bonds. The number of nitrogens with one attached hydrogen (secondary N) is 2. The molecule has 0 aromatic rings. The van der Waals surface area contributed by atoms with Crippen LogP contribution in [0.15, 0.2) is 0 Å². The van der Waals surface area contributed by atoms with Crippen LogP contribution in [0.3, 0.4) is 0 Å². The highest BCUT2D eigenvalue weighted by Crippen LogP contribution is 2.10. The molecule has 0 aromatic carbocycles. The number of unbranched alkanes of at least 4 members (excludes halogenated alkanes) is 8. The molecule has 0 aliphatic heterocycles. The van der Waals surface area contributed by atoms with Crippen molar-refractivity contribution >= 4 is 11.9 Å². The molecule has 0 atom stereocenters. The molecule has 5 nitrogen and oxygen atoms in total. The maximum Gasteiger partial charge on any atom is 0.219 e. The zero-order valence-corrected chi connectivity index (χ0v) is 17.1. The Bertz CT molecular complexity index is 307. The Hall–Kier alpha value is -1.10. The summed E-state index contributed by atoms with van der Waals surface area (Å²) in [5.41, 5.74) is 0. The van der Waals surface area contributed by atoms with Gasteiger partial charge in [0.1, 0.15) is 0 Å². The third-order valence-electron chi connectivity index (χ3n) is 3.97. The lowest BCUT2D eigenvalue weighted by Crippen LogP contribution is -3.05. The van der Waals surface area contributed by atoms with Crippen LogP contribution in [0.1, 0.15) is 90.9 Å². The summed E-state index contributed by atoms with van der Waals surface area (Å²) in [6, 6.07) is 0. The van der Waals surface area contributed by atoms with E-state index in [0.717, 1.165) is 25.9 Å². The lowest BCUT2D eigenvalue weighted by atomic mass is 10.1. The number of hydrogen-bond acceptors (Lipinski definition) is 3. The third-order valence-corrected chi connectivity index (χ3v) is 3.97. The van der Waals surface area contributed by atoms with Crippen molar-refractivity contribution < 1.29 is 19.6 Å². The average Bonchev–Trinajstić information content (AvgIpc) is 2.57. The van der Waals surface area contributed by atoms with Gasteiger partial charge in [0, 0.05) is 25.4 Å². The van der Waals surface area contributed by atoms with E-state index in [9.17, 15) is 14.7 Å². The molecule has 5 heteroatoms. The maximum absolute atomic E-state index is 11.6. The first-order chi connectivity index (χ1) is 11.9. The SMILES string of the molecule is CCC(=O)[O-].CCCCCCCCCCCC(=O)NCCC[NH+](C)C. The maximum atomic E-state index is 11.6. The second-order valence-electron chi connectivity index (χ2n) is 6.96. The van der Waals surface area contributed by atoms with Crippen LogP contribution in [0.4, 0.5) is 0 Å². The minimum absolute atomic E-state index is 0.111. The van der Waals surface area contributed by atoms with E-state index in [4.69, 9.17) is 0 Å². The predicted octanol–water partition coefficient (Wildman–Crippen LogP) is 1.70. The van der Waals surface area contributed by atoms with E-state index < -0.39 is 5.97 Å². The number of hydrogen-bond donors (Lipinski definition) is 2. The van der Waals surface area contributed by atoms with E-state index in [1.807, 2.05) is 0 Å². The quantitative estimate of drug-likeness (QED) is 0.438. The van der Waals surface area contributed by atoms with Crippen LogP contribution in [0.25, 0.3) is 0 Å². The van der Waals surface area contributed by atoms with Crippen molar-refractivity contribution in [3.05, 3.63) is 0 Å². The minimum Gasteiger partial charge on any atom is -0.550 e. The van der Waals surface area contributed by atoms with E-state index in [1.54, 1.807) is 0 Å². The molecule has 0 aromatic heterocycles. The van der Waals surface area contributed by atoms with Gasteiger partial charge >= 0.3 is 0 Å². The van der Waals surface area contributed by atoms with Crippen LogP contribution in [0.5, 0.6) is 0 Å². The Morgan fingerprint density at radius 3 is 1.76 bits per heavy atom. The lowest BCUT2D eigenvalue weighted by Gasteiger charge is -2.08. The Labute approximate surface area is 155 Å². The fraction of sp³-hybridized carbons (Fsp3) is 0.900. The molecule has 0 heterocycles. The molecule has 0 aliphatic carbocycles. The summed E-state index contributed by atoms with van der Waals surface area (Å²) in [4.78, 5) is 22.3. The van der Waals surface area contributed by atoms with Crippen molar-refractivity contribution in [1.29, 1.82) is 0 Å². The van der Waals surface area contributed by atoms with Gasteiger partial charge in [-0.15, -0.1) is 0 Å². The van der Waals surface area contributed by atoms with Crippen molar-refractivity contribution in [3.8, 4) is 0 Å². The molecule has 0 unspecified atom stereocenters. The number of rotatable bonds is 15. The Balaban J connectivity index is 0.